The van der Waals surface area contributed by atoms with E-state index in [-0.39, 0.29) is 5.56 Å². The quantitative estimate of drug-likeness (QED) is 0.745. The average Bonchev–Trinajstić information content (AvgIpc) is 2.55. The number of benzene rings is 2. The monoisotopic (exact) mass is 323 g/mol. The number of fused-ring (bicyclic) bond motifs is 1. The lowest BCUT2D eigenvalue weighted by atomic mass is 10.1. The van der Waals surface area contributed by atoms with E-state index in [1.165, 1.54) is 17.2 Å². The van der Waals surface area contributed by atoms with E-state index >= 15 is 0 Å². The van der Waals surface area contributed by atoms with E-state index in [2.05, 4.69) is 24.3 Å². The van der Waals surface area contributed by atoms with Gasteiger partial charge in [-0.3, -0.25) is 0 Å². The van der Waals surface area contributed by atoms with Gasteiger partial charge in [0.25, 0.3) is 0 Å². The molecule has 1 heterocycles. The van der Waals surface area contributed by atoms with Crippen LogP contribution in [0, 0.1) is 6.92 Å². The van der Waals surface area contributed by atoms with Crippen molar-refractivity contribution in [2.24, 2.45) is 0 Å². The molecule has 0 bridgehead atoms. The molecule has 2 aromatic carbocycles. The molecule has 5 nitrogen and oxygen atoms in total. The molecule has 0 atom stereocenters. The minimum atomic E-state index is -1.29. The van der Waals surface area contributed by atoms with Crippen molar-refractivity contribution in [1.29, 1.82) is 0 Å². The lowest BCUT2D eigenvalue weighted by molar-refractivity contribution is 0.0692. The molecule has 0 radical (unpaired) electrons. The third kappa shape index (κ3) is 3.15. The second-order valence-corrected chi connectivity index (χ2v) is 5.82. The van der Waals surface area contributed by atoms with Gasteiger partial charge in [-0.15, -0.1) is 0 Å². The van der Waals surface area contributed by atoms with E-state index in [4.69, 9.17) is 9.52 Å². The number of hydrogen-bond acceptors (Lipinski definition) is 4. The Hall–Kier alpha value is -3.08. The summed E-state index contributed by atoms with van der Waals surface area (Å²) in [6.45, 7) is 2.76. The average molecular weight is 323 g/mol. The van der Waals surface area contributed by atoms with Crippen LogP contribution in [-0.2, 0) is 6.54 Å². The van der Waals surface area contributed by atoms with Crippen molar-refractivity contribution >= 4 is 22.6 Å². The minimum absolute atomic E-state index is 0.358. The molecule has 3 rings (SSSR count). The molecule has 0 aliphatic carbocycles. The maximum Gasteiger partial charge on any atom is 0.351 e. The molecule has 1 N–H and O–H groups in total. The second-order valence-electron chi connectivity index (χ2n) is 5.82. The summed E-state index contributed by atoms with van der Waals surface area (Å²) in [7, 11) is 1.95. The van der Waals surface area contributed by atoms with Crippen molar-refractivity contribution < 1.29 is 14.3 Å². The molecular weight excluding hydrogens is 306 g/mol. The third-order valence-electron chi connectivity index (χ3n) is 3.93. The standard InChI is InChI=1S/C19H17NO4/c1-12-3-5-13(6-4-12)11-20(2)15-8-7-14-9-16(18(21)22)19(23)24-17(14)10-15/h3-10H,11H2,1-2H3,(H,21,22). The number of hydrogen-bond donors (Lipinski definition) is 1. The first kappa shape index (κ1) is 15.8. The smallest absolute Gasteiger partial charge is 0.351 e. The highest BCUT2D eigenvalue weighted by Gasteiger charge is 2.13. The Balaban J connectivity index is 1.92. The van der Waals surface area contributed by atoms with Crippen LogP contribution in [0.25, 0.3) is 11.0 Å². The summed E-state index contributed by atoms with van der Waals surface area (Å²) in [6, 6.07) is 15.0. The molecule has 0 aliphatic heterocycles. The fraction of sp³-hybridized carbons (Fsp3) is 0.158. The van der Waals surface area contributed by atoms with E-state index in [9.17, 15) is 9.59 Å². The largest absolute Gasteiger partial charge is 0.477 e. The summed E-state index contributed by atoms with van der Waals surface area (Å²) in [6.07, 6.45) is 0. The van der Waals surface area contributed by atoms with Gasteiger partial charge in [0.2, 0.25) is 0 Å². The van der Waals surface area contributed by atoms with Gasteiger partial charge in [0.05, 0.1) is 0 Å². The highest BCUT2D eigenvalue weighted by Crippen LogP contribution is 2.22. The van der Waals surface area contributed by atoms with Crippen molar-refractivity contribution in [3.05, 3.63) is 75.6 Å². The predicted molar refractivity (Wildman–Crippen MR) is 92.7 cm³/mol. The van der Waals surface area contributed by atoms with Gasteiger partial charge in [-0.25, -0.2) is 9.59 Å². The normalized spacial score (nSPS) is 10.8. The van der Waals surface area contributed by atoms with Gasteiger partial charge in [-0.2, -0.15) is 0 Å². The third-order valence-corrected chi connectivity index (χ3v) is 3.93. The second kappa shape index (κ2) is 6.20. The maximum atomic E-state index is 11.7. The molecular formula is C19H17NO4. The Bertz CT molecular complexity index is 957. The minimum Gasteiger partial charge on any atom is -0.477 e. The van der Waals surface area contributed by atoms with Crippen molar-refractivity contribution in [1.82, 2.24) is 0 Å². The first-order valence-electron chi connectivity index (χ1n) is 7.52. The van der Waals surface area contributed by atoms with Crippen molar-refractivity contribution in [3.63, 3.8) is 0 Å². The first-order chi connectivity index (χ1) is 11.4. The topological polar surface area (TPSA) is 70.8 Å². The fourth-order valence-electron chi connectivity index (χ4n) is 2.55. The highest BCUT2D eigenvalue weighted by molar-refractivity contribution is 5.92. The molecule has 0 aliphatic rings. The number of carboxylic acid groups (broad SMARTS) is 1. The van der Waals surface area contributed by atoms with E-state index in [1.54, 1.807) is 12.1 Å². The summed E-state index contributed by atoms with van der Waals surface area (Å²) in [5.41, 5.74) is 2.44. The zero-order valence-electron chi connectivity index (χ0n) is 13.4. The number of nitrogens with zero attached hydrogens (tertiary/aromatic N) is 1. The molecule has 3 aromatic rings. The maximum absolute atomic E-state index is 11.7. The van der Waals surface area contributed by atoms with Gasteiger partial charge < -0.3 is 14.4 Å². The molecule has 1 aromatic heterocycles. The Morgan fingerprint density at radius 2 is 1.83 bits per heavy atom. The van der Waals surface area contributed by atoms with E-state index in [1.807, 2.05) is 24.9 Å². The van der Waals surface area contributed by atoms with Gasteiger partial charge >= 0.3 is 11.6 Å². The van der Waals surface area contributed by atoms with Gasteiger partial charge in [-0.05, 0) is 30.7 Å². The van der Waals surface area contributed by atoms with Crippen LogP contribution in [0.4, 0.5) is 5.69 Å². The summed E-state index contributed by atoms with van der Waals surface area (Å²) >= 11 is 0. The van der Waals surface area contributed by atoms with E-state index in [0.717, 1.165) is 5.69 Å². The summed E-state index contributed by atoms with van der Waals surface area (Å²) < 4.78 is 5.15. The predicted octanol–water partition coefficient (Wildman–Crippen LogP) is 3.44. The number of rotatable bonds is 4. The molecule has 24 heavy (non-hydrogen) atoms. The molecule has 0 amide bonds. The van der Waals surface area contributed by atoms with Crippen LogP contribution in [0.3, 0.4) is 0 Å². The van der Waals surface area contributed by atoms with Gasteiger partial charge in [-0.1, -0.05) is 29.8 Å². The van der Waals surface area contributed by atoms with Gasteiger partial charge in [0.1, 0.15) is 11.1 Å². The van der Waals surface area contributed by atoms with Crippen LogP contribution in [0.5, 0.6) is 0 Å². The zero-order chi connectivity index (χ0) is 17.3. The van der Waals surface area contributed by atoms with E-state index < -0.39 is 11.6 Å². The Labute approximate surface area is 138 Å². The molecule has 0 fully saturated rings. The Kier molecular flexibility index (Phi) is 4.08. The van der Waals surface area contributed by atoms with Crippen LogP contribution in [-0.4, -0.2) is 18.1 Å². The molecule has 122 valence electrons. The molecule has 5 heteroatoms. The van der Waals surface area contributed by atoms with Crippen LogP contribution >= 0.6 is 0 Å². The van der Waals surface area contributed by atoms with Crippen molar-refractivity contribution in [2.45, 2.75) is 13.5 Å². The first-order valence-corrected chi connectivity index (χ1v) is 7.52. The molecule has 0 unspecified atom stereocenters. The van der Waals surface area contributed by atoms with Gasteiger partial charge in [0.15, 0.2) is 0 Å². The lowest BCUT2D eigenvalue weighted by Crippen LogP contribution is -2.16. The van der Waals surface area contributed by atoms with Crippen LogP contribution in [0.2, 0.25) is 0 Å². The lowest BCUT2D eigenvalue weighted by Gasteiger charge is -2.19. The molecule has 0 saturated heterocycles. The summed E-state index contributed by atoms with van der Waals surface area (Å²) in [4.78, 5) is 24.8. The Morgan fingerprint density at radius 3 is 2.50 bits per heavy atom. The number of anilines is 1. The van der Waals surface area contributed by atoms with Crippen molar-refractivity contribution in [2.75, 3.05) is 11.9 Å². The SMILES string of the molecule is Cc1ccc(CN(C)c2ccc3cc(C(=O)O)c(=O)oc3c2)cc1. The van der Waals surface area contributed by atoms with Crippen molar-refractivity contribution in [3.8, 4) is 0 Å². The molecule has 0 spiro atoms. The summed E-state index contributed by atoms with van der Waals surface area (Å²) in [5, 5.41) is 9.57. The molecule has 0 saturated carbocycles. The van der Waals surface area contributed by atoms with Gasteiger partial charge in [0, 0.05) is 30.7 Å². The summed E-state index contributed by atoms with van der Waals surface area (Å²) in [5.74, 6) is -1.29. The Morgan fingerprint density at radius 1 is 1.12 bits per heavy atom. The van der Waals surface area contributed by atoms with Crippen LogP contribution < -0.4 is 10.5 Å². The number of carboxylic acids is 1. The van der Waals surface area contributed by atoms with E-state index in [0.29, 0.717) is 17.5 Å². The van der Waals surface area contributed by atoms with Crippen LogP contribution in [0.15, 0.2) is 57.7 Å². The number of carbonyl (C=O) groups is 1. The number of aryl methyl sites for hydroxylation is 1. The van der Waals surface area contributed by atoms with Crippen LogP contribution in [0.1, 0.15) is 21.5 Å². The number of aromatic carboxylic acids is 1. The fourth-order valence-corrected chi connectivity index (χ4v) is 2.55. The highest BCUT2D eigenvalue weighted by atomic mass is 16.4. The zero-order valence-corrected chi connectivity index (χ0v) is 13.4.